The number of aromatic nitrogens is 2. The molecule has 0 aromatic carbocycles. The molecule has 0 fully saturated rings. The standard InChI is InChI=1S/C15H19N3O4/c1-4-17(9-7-12(19)20)15(21)13-10(2)16-14-11(22-3)6-5-8-18(13)14/h5-6,8H,4,7,9H2,1-3H3,(H,19,20). The minimum atomic E-state index is -0.928. The first kappa shape index (κ1) is 15.8. The lowest BCUT2D eigenvalue weighted by molar-refractivity contribution is -0.137. The van der Waals surface area contributed by atoms with Gasteiger partial charge in [0.2, 0.25) is 0 Å². The van der Waals surface area contributed by atoms with E-state index in [0.29, 0.717) is 29.3 Å². The highest BCUT2D eigenvalue weighted by molar-refractivity contribution is 5.95. The number of carbonyl (C=O) groups excluding carboxylic acids is 1. The third kappa shape index (κ3) is 2.88. The lowest BCUT2D eigenvalue weighted by Gasteiger charge is -2.20. The minimum Gasteiger partial charge on any atom is -0.493 e. The van der Waals surface area contributed by atoms with Crippen LogP contribution in [-0.4, -0.2) is 51.5 Å². The van der Waals surface area contributed by atoms with Gasteiger partial charge in [0.1, 0.15) is 5.69 Å². The number of hydrogen-bond acceptors (Lipinski definition) is 4. The van der Waals surface area contributed by atoms with Crippen LogP contribution >= 0.6 is 0 Å². The first-order valence-corrected chi connectivity index (χ1v) is 7.02. The molecule has 7 nitrogen and oxygen atoms in total. The largest absolute Gasteiger partial charge is 0.493 e. The maximum absolute atomic E-state index is 12.7. The predicted octanol–water partition coefficient (Wildman–Crippen LogP) is 1.59. The van der Waals surface area contributed by atoms with Gasteiger partial charge in [0, 0.05) is 19.3 Å². The Bertz CT molecular complexity index is 708. The van der Waals surface area contributed by atoms with Crippen LogP contribution in [0.5, 0.6) is 5.75 Å². The van der Waals surface area contributed by atoms with E-state index >= 15 is 0 Å². The summed E-state index contributed by atoms with van der Waals surface area (Å²) in [5, 5.41) is 8.79. The maximum Gasteiger partial charge on any atom is 0.305 e. The van der Waals surface area contributed by atoms with Crippen LogP contribution in [0.3, 0.4) is 0 Å². The molecule has 0 aliphatic rings. The average molecular weight is 305 g/mol. The van der Waals surface area contributed by atoms with Crippen LogP contribution in [0, 0.1) is 6.92 Å². The number of carboxylic acids is 1. The fourth-order valence-electron chi connectivity index (χ4n) is 2.36. The molecule has 22 heavy (non-hydrogen) atoms. The van der Waals surface area contributed by atoms with Crippen molar-refractivity contribution in [1.29, 1.82) is 0 Å². The van der Waals surface area contributed by atoms with E-state index < -0.39 is 5.97 Å². The molecule has 118 valence electrons. The van der Waals surface area contributed by atoms with Gasteiger partial charge in [-0.05, 0) is 26.0 Å². The van der Waals surface area contributed by atoms with Crippen molar-refractivity contribution < 1.29 is 19.4 Å². The van der Waals surface area contributed by atoms with Crippen LogP contribution < -0.4 is 4.74 Å². The van der Waals surface area contributed by atoms with Gasteiger partial charge in [0.15, 0.2) is 11.4 Å². The molecule has 0 saturated carbocycles. The Balaban J connectivity index is 2.42. The second-order valence-electron chi connectivity index (χ2n) is 4.84. The highest BCUT2D eigenvalue weighted by Gasteiger charge is 2.23. The molecule has 0 radical (unpaired) electrons. The van der Waals surface area contributed by atoms with Crippen molar-refractivity contribution >= 4 is 17.5 Å². The van der Waals surface area contributed by atoms with Crippen LogP contribution in [0.1, 0.15) is 29.5 Å². The quantitative estimate of drug-likeness (QED) is 0.876. The molecule has 2 heterocycles. The minimum absolute atomic E-state index is 0.0846. The fourth-order valence-corrected chi connectivity index (χ4v) is 2.36. The smallest absolute Gasteiger partial charge is 0.305 e. The Labute approximate surface area is 128 Å². The predicted molar refractivity (Wildman–Crippen MR) is 80.3 cm³/mol. The molecule has 2 rings (SSSR count). The molecule has 0 spiro atoms. The van der Waals surface area contributed by atoms with Crippen LogP contribution in [-0.2, 0) is 4.79 Å². The molecule has 2 aromatic rings. The van der Waals surface area contributed by atoms with Crippen molar-refractivity contribution in [1.82, 2.24) is 14.3 Å². The van der Waals surface area contributed by atoms with Crippen molar-refractivity contribution in [3.8, 4) is 5.75 Å². The molecule has 0 atom stereocenters. The van der Waals surface area contributed by atoms with Gasteiger partial charge in [-0.15, -0.1) is 0 Å². The molecule has 0 bridgehead atoms. The third-order valence-electron chi connectivity index (χ3n) is 3.48. The van der Waals surface area contributed by atoms with Gasteiger partial charge in [0.05, 0.1) is 19.2 Å². The molecular weight excluding hydrogens is 286 g/mol. The van der Waals surface area contributed by atoms with Crippen molar-refractivity contribution in [3.63, 3.8) is 0 Å². The maximum atomic E-state index is 12.7. The van der Waals surface area contributed by atoms with Gasteiger partial charge in [-0.3, -0.25) is 14.0 Å². The number of carbonyl (C=O) groups is 2. The Morgan fingerprint density at radius 3 is 2.77 bits per heavy atom. The number of pyridine rings is 1. The SMILES string of the molecule is CCN(CCC(=O)O)C(=O)c1c(C)nc2c(OC)cccn12. The Morgan fingerprint density at radius 1 is 1.45 bits per heavy atom. The van der Waals surface area contributed by atoms with Crippen LogP contribution in [0.15, 0.2) is 18.3 Å². The second kappa shape index (κ2) is 6.46. The zero-order valence-electron chi connectivity index (χ0n) is 12.9. The lowest BCUT2D eigenvalue weighted by Crippen LogP contribution is -2.34. The number of hydrogen-bond donors (Lipinski definition) is 1. The number of carboxylic acid groups (broad SMARTS) is 1. The van der Waals surface area contributed by atoms with E-state index in [0.717, 1.165) is 0 Å². The first-order valence-electron chi connectivity index (χ1n) is 7.02. The topological polar surface area (TPSA) is 84.1 Å². The Morgan fingerprint density at radius 2 is 2.18 bits per heavy atom. The van der Waals surface area contributed by atoms with Gasteiger partial charge in [-0.25, -0.2) is 4.98 Å². The summed E-state index contributed by atoms with van der Waals surface area (Å²) in [6.45, 7) is 4.17. The summed E-state index contributed by atoms with van der Waals surface area (Å²) in [5.41, 5.74) is 1.59. The van der Waals surface area contributed by atoms with Crippen molar-refractivity contribution in [2.24, 2.45) is 0 Å². The van der Waals surface area contributed by atoms with Crippen molar-refractivity contribution in [2.45, 2.75) is 20.3 Å². The van der Waals surface area contributed by atoms with E-state index in [2.05, 4.69) is 4.98 Å². The zero-order chi connectivity index (χ0) is 16.3. The van der Waals surface area contributed by atoms with Gasteiger partial charge in [-0.1, -0.05) is 0 Å². The number of rotatable bonds is 6. The molecule has 0 aliphatic heterocycles. The molecule has 1 amide bonds. The number of aryl methyl sites for hydroxylation is 1. The number of aliphatic carboxylic acids is 1. The summed E-state index contributed by atoms with van der Waals surface area (Å²) in [6, 6.07) is 3.55. The number of methoxy groups -OCH3 is 1. The van der Waals surface area contributed by atoms with Crippen LogP contribution in [0.25, 0.3) is 5.65 Å². The monoisotopic (exact) mass is 305 g/mol. The molecule has 0 unspecified atom stereocenters. The van der Waals surface area contributed by atoms with E-state index in [-0.39, 0.29) is 18.9 Å². The molecule has 2 aromatic heterocycles. The molecular formula is C15H19N3O4. The number of amides is 1. The van der Waals surface area contributed by atoms with Crippen molar-refractivity contribution in [3.05, 3.63) is 29.7 Å². The number of ether oxygens (including phenoxy) is 1. The summed E-state index contributed by atoms with van der Waals surface area (Å²) < 4.78 is 6.94. The van der Waals surface area contributed by atoms with Crippen LogP contribution in [0.4, 0.5) is 0 Å². The second-order valence-corrected chi connectivity index (χ2v) is 4.84. The summed E-state index contributed by atoms with van der Waals surface area (Å²) in [5.74, 6) is -0.581. The van der Waals surface area contributed by atoms with Gasteiger partial charge in [-0.2, -0.15) is 0 Å². The normalized spacial score (nSPS) is 10.7. The number of imidazole rings is 1. The number of nitrogens with zero attached hydrogens (tertiary/aromatic N) is 3. The first-order chi connectivity index (χ1) is 10.5. The van der Waals surface area contributed by atoms with E-state index in [4.69, 9.17) is 9.84 Å². The van der Waals surface area contributed by atoms with Crippen molar-refractivity contribution in [2.75, 3.05) is 20.2 Å². The van der Waals surface area contributed by atoms with E-state index in [1.165, 1.54) is 4.90 Å². The van der Waals surface area contributed by atoms with E-state index in [9.17, 15) is 9.59 Å². The number of fused-ring (bicyclic) bond motifs is 1. The highest BCUT2D eigenvalue weighted by Crippen LogP contribution is 2.22. The van der Waals surface area contributed by atoms with Gasteiger partial charge >= 0.3 is 5.97 Å². The van der Waals surface area contributed by atoms with E-state index in [1.807, 2.05) is 6.92 Å². The van der Waals surface area contributed by atoms with E-state index in [1.54, 1.807) is 36.8 Å². The Kier molecular flexibility index (Phi) is 4.65. The lowest BCUT2D eigenvalue weighted by atomic mass is 10.2. The average Bonchev–Trinajstić information content (AvgIpc) is 2.82. The van der Waals surface area contributed by atoms with Gasteiger partial charge in [0.25, 0.3) is 5.91 Å². The summed E-state index contributed by atoms with van der Waals surface area (Å²) in [4.78, 5) is 29.3. The summed E-state index contributed by atoms with van der Waals surface area (Å²) in [7, 11) is 1.55. The molecule has 1 N–H and O–H groups in total. The molecule has 0 saturated heterocycles. The highest BCUT2D eigenvalue weighted by atomic mass is 16.5. The Hall–Kier alpha value is -2.57. The van der Waals surface area contributed by atoms with Gasteiger partial charge < -0.3 is 14.7 Å². The zero-order valence-corrected chi connectivity index (χ0v) is 12.9. The third-order valence-corrected chi connectivity index (χ3v) is 3.48. The molecule has 0 aliphatic carbocycles. The molecule has 7 heteroatoms. The summed E-state index contributed by atoms with van der Waals surface area (Å²) in [6.07, 6.45) is 1.66. The van der Waals surface area contributed by atoms with Crippen LogP contribution in [0.2, 0.25) is 0 Å². The fraction of sp³-hybridized carbons (Fsp3) is 0.400. The summed E-state index contributed by atoms with van der Waals surface area (Å²) >= 11 is 0.